The lowest BCUT2D eigenvalue weighted by Gasteiger charge is -2.12. The zero-order valence-corrected chi connectivity index (χ0v) is 12.8. The Balaban J connectivity index is 1.93. The quantitative estimate of drug-likeness (QED) is 0.819. The van der Waals surface area contributed by atoms with Gasteiger partial charge in [0.25, 0.3) is 0 Å². The van der Waals surface area contributed by atoms with Crippen molar-refractivity contribution in [2.75, 3.05) is 0 Å². The number of nitrogens with one attached hydrogen (secondary N) is 1. The van der Waals surface area contributed by atoms with Crippen LogP contribution in [-0.2, 0) is 23.0 Å². The van der Waals surface area contributed by atoms with Crippen molar-refractivity contribution in [2.45, 2.75) is 36.6 Å². The Morgan fingerprint density at radius 3 is 2.90 bits per heavy atom. The summed E-state index contributed by atoms with van der Waals surface area (Å²) < 4.78 is 32.5. The van der Waals surface area contributed by atoms with Crippen molar-refractivity contribution in [2.24, 2.45) is 5.73 Å². The molecule has 0 aliphatic carbocycles. The maximum absolute atomic E-state index is 12.2. The third kappa shape index (κ3) is 3.92. The first-order chi connectivity index (χ1) is 9.51. The molecule has 0 saturated heterocycles. The SMILES string of the molecule is CC(CCc1ccco1)NS(=O)(=O)c1cc(CN)cs1. The van der Waals surface area contributed by atoms with Crippen LogP contribution in [0.1, 0.15) is 24.7 Å². The van der Waals surface area contributed by atoms with Gasteiger partial charge in [-0.3, -0.25) is 0 Å². The average molecular weight is 314 g/mol. The molecule has 0 aliphatic heterocycles. The molecule has 2 rings (SSSR count). The molecule has 20 heavy (non-hydrogen) atoms. The van der Waals surface area contributed by atoms with Crippen LogP contribution >= 0.6 is 11.3 Å². The van der Waals surface area contributed by atoms with Crippen molar-refractivity contribution < 1.29 is 12.8 Å². The summed E-state index contributed by atoms with van der Waals surface area (Å²) in [7, 11) is -3.46. The lowest BCUT2D eigenvalue weighted by atomic mass is 10.2. The van der Waals surface area contributed by atoms with Crippen LogP contribution in [0.2, 0.25) is 0 Å². The summed E-state index contributed by atoms with van der Waals surface area (Å²) in [5.74, 6) is 0.859. The molecule has 0 radical (unpaired) electrons. The molecule has 0 fully saturated rings. The van der Waals surface area contributed by atoms with E-state index in [1.54, 1.807) is 17.7 Å². The van der Waals surface area contributed by atoms with Gasteiger partial charge in [0.2, 0.25) is 10.0 Å². The highest BCUT2D eigenvalue weighted by atomic mass is 32.2. The molecule has 2 aromatic heterocycles. The minimum Gasteiger partial charge on any atom is -0.469 e. The van der Waals surface area contributed by atoms with Gasteiger partial charge in [-0.2, -0.15) is 0 Å². The van der Waals surface area contributed by atoms with Crippen LogP contribution in [-0.4, -0.2) is 14.5 Å². The van der Waals surface area contributed by atoms with Crippen LogP contribution in [0, 0.1) is 0 Å². The first kappa shape index (κ1) is 15.2. The predicted octanol–water partition coefficient (Wildman–Crippen LogP) is 2.10. The normalized spacial score (nSPS) is 13.5. The van der Waals surface area contributed by atoms with E-state index < -0.39 is 10.0 Å². The molecule has 1 atom stereocenters. The minimum absolute atomic E-state index is 0.159. The van der Waals surface area contributed by atoms with Crippen molar-refractivity contribution in [3.63, 3.8) is 0 Å². The third-order valence-corrected chi connectivity index (χ3v) is 5.97. The van der Waals surface area contributed by atoms with Gasteiger partial charge in [0.1, 0.15) is 9.97 Å². The minimum atomic E-state index is -3.46. The summed E-state index contributed by atoms with van der Waals surface area (Å²) in [6.45, 7) is 2.19. The van der Waals surface area contributed by atoms with Crippen molar-refractivity contribution in [1.82, 2.24) is 4.72 Å². The van der Waals surface area contributed by atoms with Crippen LogP contribution in [0.25, 0.3) is 0 Å². The highest BCUT2D eigenvalue weighted by molar-refractivity contribution is 7.91. The van der Waals surface area contributed by atoms with E-state index in [4.69, 9.17) is 10.2 Å². The maximum Gasteiger partial charge on any atom is 0.250 e. The molecule has 0 amide bonds. The monoisotopic (exact) mass is 314 g/mol. The van der Waals surface area contributed by atoms with Crippen molar-refractivity contribution in [3.8, 4) is 0 Å². The summed E-state index contributed by atoms with van der Waals surface area (Å²) in [5, 5.41) is 1.77. The van der Waals surface area contributed by atoms with Gasteiger partial charge >= 0.3 is 0 Å². The summed E-state index contributed by atoms with van der Waals surface area (Å²) in [5.41, 5.74) is 6.32. The Morgan fingerprint density at radius 1 is 1.50 bits per heavy atom. The van der Waals surface area contributed by atoms with Crippen LogP contribution in [0.5, 0.6) is 0 Å². The molecule has 5 nitrogen and oxygen atoms in total. The molecule has 2 heterocycles. The molecular weight excluding hydrogens is 296 g/mol. The van der Waals surface area contributed by atoms with Crippen LogP contribution in [0.4, 0.5) is 0 Å². The van der Waals surface area contributed by atoms with Gasteiger partial charge in [0.15, 0.2) is 0 Å². The van der Waals surface area contributed by atoms with E-state index in [1.807, 2.05) is 19.1 Å². The highest BCUT2D eigenvalue weighted by Crippen LogP contribution is 2.20. The Hall–Kier alpha value is -1.15. The lowest BCUT2D eigenvalue weighted by molar-refractivity contribution is 0.480. The number of rotatable bonds is 7. The topological polar surface area (TPSA) is 85.3 Å². The number of sulfonamides is 1. The second-order valence-electron chi connectivity index (χ2n) is 4.62. The van der Waals surface area contributed by atoms with Gasteiger partial charge in [-0.25, -0.2) is 13.1 Å². The van der Waals surface area contributed by atoms with Crippen LogP contribution in [0.15, 0.2) is 38.5 Å². The molecule has 0 bridgehead atoms. The summed E-state index contributed by atoms with van der Waals surface area (Å²) in [6.07, 6.45) is 3.00. The van der Waals surface area contributed by atoms with Gasteiger partial charge in [0, 0.05) is 19.0 Å². The van der Waals surface area contributed by atoms with Crippen LogP contribution < -0.4 is 10.5 Å². The molecule has 1 unspecified atom stereocenters. The second kappa shape index (κ2) is 6.53. The van der Waals surface area contributed by atoms with E-state index in [0.29, 0.717) is 23.6 Å². The fourth-order valence-corrected chi connectivity index (χ4v) is 4.31. The summed E-state index contributed by atoms with van der Waals surface area (Å²) in [4.78, 5) is 0. The van der Waals surface area contributed by atoms with Crippen molar-refractivity contribution in [3.05, 3.63) is 41.2 Å². The third-order valence-electron chi connectivity index (χ3n) is 2.89. The number of nitrogens with two attached hydrogens (primary N) is 1. The fourth-order valence-electron chi connectivity index (χ4n) is 1.80. The Labute approximate surface area is 122 Å². The largest absolute Gasteiger partial charge is 0.469 e. The standard InChI is InChI=1S/C13H18N2O3S2/c1-10(4-5-12-3-2-6-18-12)15-20(16,17)13-7-11(8-14)9-19-13/h2-3,6-7,9-10,15H,4-5,8,14H2,1H3. The Bertz CT molecular complexity index is 632. The second-order valence-corrected chi connectivity index (χ2v) is 7.47. The van der Waals surface area contributed by atoms with Gasteiger partial charge in [-0.1, -0.05) is 0 Å². The van der Waals surface area contributed by atoms with Crippen molar-refractivity contribution in [1.29, 1.82) is 0 Å². The number of aryl methyl sites for hydroxylation is 1. The van der Waals surface area contributed by atoms with Crippen LogP contribution in [0.3, 0.4) is 0 Å². The van der Waals surface area contributed by atoms with E-state index in [0.717, 1.165) is 11.3 Å². The molecule has 0 aliphatic rings. The maximum atomic E-state index is 12.2. The molecule has 0 aromatic carbocycles. The molecule has 0 saturated carbocycles. The average Bonchev–Trinajstić information content (AvgIpc) is 3.07. The van der Waals surface area contributed by atoms with Gasteiger partial charge in [-0.05, 0) is 42.5 Å². The van der Waals surface area contributed by atoms with E-state index in [2.05, 4.69) is 4.72 Å². The van der Waals surface area contributed by atoms with Crippen molar-refractivity contribution >= 4 is 21.4 Å². The number of thiophene rings is 1. The Morgan fingerprint density at radius 2 is 2.30 bits per heavy atom. The van der Waals surface area contributed by atoms with E-state index in [-0.39, 0.29) is 6.04 Å². The molecular formula is C13H18N2O3S2. The van der Waals surface area contributed by atoms with Gasteiger partial charge in [-0.15, -0.1) is 11.3 Å². The summed E-state index contributed by atoms with van der Waals surface area (Å²) in [6, 6.07) is 5.17. The van der Waals surface area contributed by atoms with E-state index in [1.165, 1.54) is 11.3 Å². The molecule has 3 N–H and O–H groups in total. The zero-order chi connectivity index (χ0) is 14.6. The first-order valence-electron chi connectivity index (χ1n) is 6.33. The molecule has 7 heteroatoms. The molecule has 0 spiro atoms. The molecule has 2 aromatic rings. The number of hydrogen-bond acceptors (Lipinski definition) is 5. The highest BCUT2D eigenvalue weighted by Gasteiger charge is 2.19. The zero-order valence-electron chi connectivity index (χ0n) is 11.2. The lowest BCUT2D eigenvalue weighted by Crippen LogP contribution is -2.32. The van der Waals surface area contributed by atoms with Gasteiger partial charge < -0.3 is 10.2 Å². The van der Waals surface area contributed by atoms with E-state index >= 15 is 0 Å². The molecule has 110 valence electrons. The van der Waals surface area contributed by atoms with E-state index in [9.17, 15) is 8.42 Å². The first-order valence-corrected chi connectivity index (χ1v) is 8.70. The number of furan rings is 1. The fraction of sp³-hybridized carbons (Fsp3) is 0.385. The smallest absolute Gasteiger partial charge is 0.250 e. The summed E-state index contributed by atoms with van der Waals surface area (Å²) >= 11 is 1.19. The number of hydrogen-bond donors (Lipinski definition) is 2. The Kier molecular flexibility index (Phi) is 4.98. The predicted molar refractivity (Wildman–Crippen MR) is 79.0 cm³/mol. The van der Waals surface area contributed by atoms with Gasteiger partial charge in [0.05, 0.1) is 6.26 Å².